The molecular formula is C16H31F3O2. The fraction of sp³-hybridized carbons (Fsp3) is 1.00. The highest BCUT2D eigenvalue weighted by atomic mass is 19.4. The summed E-state index contributed by atoms with van der Waals surface area (Å²) < 4.78 is 38.0. The zero-order chi connectivity index (χ0) is 16.8. The molecule has 0 aromatic heterocycles. The van der Waals surface area contributed by atoms with Gasteiger partial charge in [-0.2, -0.15) is 13.2 Å². The maximum Gasteiger partial charge on any atom is 0.416 e. The zero-order valence-corrected chi connectivity index (χ0v) is 13.9. The third-order valence-corrected chi connectivity index (χ3v) is 4.66. The lowest BCUT2D eigenvalue weighted by atomic mass is 9.78. The van der Waals surface area contributed by atoms with Crippen molar-refractivity contribution in [2.24, 2.45) is 17.8 Å². The molecule has 21 heavy (non-hydrogen) atoms. The summed E-state index contributed by atoms with van der Waals surface area (Å²) >= 11 is 0. The van der Waals surface area contributed by atoms with Crippen LogP contribution in [0.5, 0.6) is 0 Å². The van der Waals surface area contributed by atoms with Crippen molar-refractivity contribution in [3.8, 4) is 0 Å². The van der Waals surface area contributed by atoms with E-state index in [1.807, 2.05) is 0 Å². The molecule has 0 aliphatic heterocycles. The van der Waals surface area contributed by atoms with E-state index in [1.54, 1.807) is 6.92 Å². The molecule has 0 aliphatic rings. The molecule has 0 fully saturated rings. The summed E-state index contributed by atoms with van der Waals surface area (Å²) in [5.41, 5.74) is -2.84. The van der Waals surface area contributed by atoms with Gasteiger partial charge in [0, 0.05) is 6.42 Å². The standard InChI is InChI=1S/C16H31F3O2/c1-6-8-13(11(3)7-2)9-12(4)14(20)10-15(5,21)16(17,18)19/h11-14,20-21H,6-10H2,1-5H3/t11-,12-,13?,14?,15-/m1/s1. The van der Waals surface area contributed by atoms with Gasteiger partial charge in [0.15, 0.2) is 5.60 Å². The number of hydrogen-bond donors (Lipinski definition) is 2. The number of hydrogen-bond acceptors (Lipinski definition) is 2. The van der Waals surface area contributed by atoms with Crippen LogP contribution in [0.4, 0.5) is 13.2 Å². The van der Waals surface area contributed by atoms with Gasteiger partial charge < -0.3 is 10.2 Å². The van der Waals surface area contributed by atoms with Gasteiger partial charge in [-0.1, -0.05) is 47.0 Å². The normalized spacial score (nSPS) is 21.4. The molecular weight excluding hydrogens is 281 g/mol. The topological polar surface area (TPSA) is 40.5 Å². The summed E-state index contributed by atoms with van der Waals surface area (Å²) in [7, 11) is 0. The van der Waals surface area contributed by atoms with Crippen LogP contribution in [0.25, 0.3) is 0 Å². The highest BCUT2D eigenvalue weighted by Crippen LogP contribution is 2.36. The van der Waals surface area contributed by atoms with Gasteiger partial charge in [0.05, 0.1) is 6.10 Å². The maximum absolute atomic E-state index is 12.7. The fourth-order valence-corrected chi connectivity index (χ4v) is 2.70. The number of aliphatic hydroxyl groups is 2. The molecule has 0 heterocycles. The van der Waals surface area contributed by atoms with E-state index in [0.29, 0.717) is 18.3 Å². The minimum Gasteiger partial charge on any atom is -0.393 e. The van der Waals surface area contributed by atoms with E-state index >= 15 is 0 Å². The minimum absolute atomic E-state index is 0.260. The predicted molar refractivity (Wildman–Crippen MR) is 78.9 cm³/mol. The second-order valence-corrected chi connectivity index (χ2v) is 6.69. The average molecular weight is 312 g/mol. The van der Waals surface area contributed by atoms with Crippen LogP contribution >= 0.6 is 0 Å². The molecule has 128 valence electrons. The first kappa shape index (κ1) is 20.7. The van der Waals surface area contributed by atoms with E-state index < -0.39 is 24.3 Å². The summed E-state index contributed by atoms with van der Waals surface area (Å²) in [6.07, 6.45) is -2.78. The van der Waals surface area contributed by atoms with Crippen LogP contribution < -0.4 is 0 Å². The lowest BCUT2D eigenvalue weighted by Gasteiger charge is -2.33. The van der Waals surface area contributed by atoms with Gasteiger partial charge in [-0.15, -0.1) is 0 Å². The Morgan fingerprint density at radius 3 is 1.95 bits per heavy atom. The Kier molecular flexibility index (Phi) is 8.26. The van der Waals surface area contributed by atoms with E-state index in [4.69, 9.17) is 0 Å². The third-order valence-electron chi connectivity index (χ3n) is 4.66. The van der Waals surface area contributed by atoms with Crippen molar-refractivity contribution in [3.05, 3.63) is 0 Å². The van der Waals surface area contributed by atoms with Gasteiger partial charge >= 0.3 is 6.18 Å². The number of aliphatic hydroxyl groups excluding tert-OH is 1. The first-order valence-corrected chi connectivity index (χ1v) is 7.93. The van der Waals surface area contributed by atoms with E-state index in [1.165, 1.54) is 0 Å². The fourth-order valence-electron chi connectivity index (χ4n) is 2.70. The van der Waals surface area contributed by atoms with Gasteiger partial charge in [0.2, 0.25) is 0 Å². The van der Waals surface area contributed by atoms with Crippen LogP contribution in [0.1, 0.15) is 66.7 Å². The van der Waals surface area contributed by atoms with Crippen molar-refractivity contribution in [3.63, 3.8) is 0 Å². The Hall–Kier alpha value is -0.290. The predicted octanol–water partition coefficient (Wildman–Crippen LogP) is 4.54. The first-order valence-electron chi connectivity index (χ1n) is 7.93. The SMILES string of the molecule is CCCC(C[C@@H](C)C(O)C[C@@](C)(O)C(F)(F)F)[C@H](C)CC. The highest BCUT2D eigenvalue weighted by molar-refractivity contribution is 4.86. The quantitative estimate of drug-likeness (QED) is 0.656. The molecule has 0 spiro atoms. The molecule has 5 heteroatoms. The van der Waals surface area contributed by atoms with Gasteiger partial charge in [-0.25, -0.2) is 0 Å². The van der Waals surface area contributed by atoms with Crippen molar-refractivity contribution >= 4 is 0 Å². The molecule has 0 aliphatic carbocycles. The molecule has 0 aromatic rings. The second kappa shape index (κ2) is 8.37. The van der Waals surface area contributed by atoms with Gasteiger partial charge in [-0.05, 0) is 31.1 Å². The van der Waals surface area contributed by atoms with E-state index in [-0.39, 0.29) is 5.92 Å². The van der Waals surface area contributed by atoms with Crippen LogP contribution in [-0.2, 0) is 0 Å². The van der Waals surface area contributed by atoms with Crippen molar-refractivity contribution in [2.45, 2.75) is 84.6 Å². The molecule has 2 N–H and O–H groups in total. The lowest BCUT2D eigenvalue weighted by molar-refractivity contribution is -0.262. The third kappa shape index (κ3) is 6.55. The Balaban J connectivity index is 4.66. The molecule has 0 aromatic carbocycles. The lowest BCUT2D eigenvalue weighted by Crippen LogP contribution is -2.46. The van der Waals surface area contributed by atoms with Crippen LogP contribution in [0.15, 0.2) is 0 Å². The summed E-state index contributed by atoms with van der Waals surface area (Å²) in [5, 5.41) is 19.5. The Labute approximate surface area is 126 Å². The monoisotopic (exact) mass is 312 g/mol. The summed E-state index contributed by atoms with van der Waals surface area (Å²) in [4.78, 5) is 0. The highest BCUT2D eigenvalue weighted by Gasteiger charge is 2.51. The van der Waals surface area contributed by atoms with Crippen LogP contribution in [-0.4, -0.2) is 28.1 Å². The summed E-state index contributed by atoms with van der Waals surface area (Å²) in [6, 6.07) is 0. The second-order valence-electron chi connectivity index (χ2n) is 6.69. The van der Waals surface area contributed by atoms with Crippen molar-refractivity contribution in [1.29, 1.82) is 0 Å². The first-order chi connectivity index (χ1) is 9.46. The van der Waals surface area contributed by atoms with Gasteiger partial charge in [0.25, 0.3) is 0 Å². The Bertz CT molecular complexity index is 290. The Morgan fingerprint density at radius 2 is 1.57 bits per heavy atom. The van der Waals surface area contributed by atoms with Crippen molar-refractivity contribution < 1.29 is 23.4 Å². The van der Waals surface area contributed by atoms with E-state index in [0.717, 1.165) is 26.2 Å². The molecule has 0 radical (unpaired) electrons. The van der Waals surface area contributed by atoms with Gasteiger partial charge in [-0.3, -0.25) is 0 Å². The maximum atomic E-state index is 12.7. The van der Waals surface area contributed by atoms with Crippen molar-refractivity contribution in [2.75, 3.05) is 0 Å². The number of halogens is 3. The van der Waals surface area contributed by atoms with E-state index in [9.17, 15) is 23.4 Å². The minimum atomic E-state index is -4.72. The molecule has 0 amide bonds. The molecule has 0 rings (SSSR count). The van der Waals surface area contributed by atoms with Crippen molar-refractivity contribution in [1.82, 2.24) is 0 Å². The molecule has 2 unspecified atom stereocenters. The zero-order valence-electron chi connectivity index (χ0n) is 13.9. The largest absolute Gasteiger partial charge is 0.416 e. The van der Waals surface area contributed by atoms with Gasteiger partial charge in [0.1, 0.15) is 0 Å². The van der Waals surface area contributed by atoms with Crippen LogP contribution in [0, 0.1) is 17.8 Å². The van der Waals surface area contributed by atoms with Crippen LogP contribution in [0.3, 0.4) is 0 Å². The van der Waals surface area contributed by atoms with E-state index in [2.05, 4.69) is 20.8 Å². The molecule has 2 nitrogen and oxygen atoms in total. The smallest absolute Gasteiger partial charge is 0.393 e. The Morgan fingerprint density at radius 1 is 1.05 bits per heavy atom. The summed E-state index contributed by atoms with van der Waals surface area (Å²) in [5.74, 6) is 0.632. The molecule has 0 saturated heterocycles. The molecule has 0 saturated carbocycles. The summed E-state index contributed by atoms with van der Waals surface area (Å²) in [6.45, 7) is 8.82. The van der Waals surface area contributed by atoms with Crippen LogP contribution in [0.2, 0.25) is 0 Å². The average Bonchev–Trinajstić information content (AvgIpc) is 2.35. The number of rotatable bonds is 9. The number of alkyl halides is 3. The molecule has 0 bridgehead atoms. The molecule has 5 atom stereocenters.